The van der Waals surface area contributed by atoms with Crippen LogP contribution in [0, 0.1) is 0 Å². The molecule has 0 aromatic heterocycles. The number of ether oxygens (including phenoxy) is 1. The van der Waals surface area contributed by atoms with E-state index in [0.717, 1.165) is 0 Å². The number of hydrogen-bond acceptors (Lipinski definition) is 4. The number of halogens is 2. The van der Waals surface area contributed by atoms with Gasteiger partial charge in [0, 0.05) is 10.7 Å². The number of likely N-dealkylation sites (N-methyl/N-ethyl adjacent to an activating group) is 1. The molecular weight excluding hydrogens is 401 g/mol. The molecule has 0 radical (unpaired) electrons. The Hall–Kier alpha value is -2.28. The maximum atomic E-state index is 12.6. The highest BCUT2D eigenvalue weighted by molar-refractivity contribution is 6.36. The van der Waals surface area contributed by atoms with Crippen LogP contribution in [-0.4, -0.2) is 43.0 Å². The van der Waals surface area contributed by atoms with Crippen molar-refractivity contribution < 1.29 is 14.3 Å². The lowest BCUT2D eigenvalue weighted by atomic mass is 10.2. The second kappa shape index (κ2) is 10.3. The zero-order valence-corrected chi connectivity index (χ0v) is 17.5. The molecule has 150 valence electrons. The summed E-state index contributed by atoms with van der Waals surface area (Å²) in [6, 6.07) is 11.4. The highest BCUT2D eigenvalue weighted by Gasteiger charge is 2.23. The number of carbonyl (C=O) groups is 2. The molecule has 0 saturated heterocycles. The third-order valence-electron chi connectivity index (χ3n) is 4.24. The van der Waals surface area contributed by atoms with Gasteiger partial charge in [-0.2, -0.15) is 0 Å². The highest BCUT2D eigenvalue weighted by Crippen LogP contribution is 2.25. The van der Waals surface area contributed by atoms with Gasteiger partial charge in [-0.25, -0.2) is 0 Å². The molecule has 2 aromatic rings. The van der Waals surface area contributed by atoms with Gasteiger partial charge in [-0.3, -0.25) is 14.5 Å². The van der Waals surface area contributed by atoms with E-state index in [9.17, 15) is 9.59 Å². The fraction of sp³-hybridized carbons (Fsp3) is 0.300. The monoisotopic (exact) mass is 423 g/mol. The molecule has 0 bridgehead atoms. The van der Waals surface area contributed by atoms with Crippen LogP contribution in [0.1, 0.15) is 13.8 Å². The molecule has 2 amide bonds. The number of benzene rings is 2. The van der Waals surface area contributed by atoms with Gasteiger partial charge in [0.1, 0.15) is 5.75 Å². The molecule has 6 nitrogen and oxygen atoms in total. The molecule has 0 aliphatic rings. The Balaban J connectivity index is 1.96. The number of anilines is 2. The predicted molar refractivity (Wildman–Crippen MR) is 113 cm³/mol. The Morgan fingerprint density at radius 3 is 2.36 bits per heavy atom. The summed E-state index contributed by atoms with van der Waals surface area (Å²) in [4.78, 5) is 26.7. The van der Waals surface area contributed by atoms with Gasteiger partial charge < -0.3 is 15.4 Å². The molecule has 2 aromatic carbocycles. The van der Waals surface area contributed by atoms with Crippen LogP contribution in [0.15, 0.2) is 42.5 Å². The van der Waals surface area contributed by atoms with Crippen molar-refractivity contribution >= 4 is 46.4 Å². The number of nitrogens with one attached hydrogen (secondary N) is 2. The van der Waals surface area contributed by atoms with Crippen LogP contribution in [0.5, 0.6) is 5.75 Å². The van der Waals surface area contributed by atoms with Crippen LogP contribution >= 0.6 is 23.2 Å². The van der Waals surface area contributed by atoms with E-state index in [2.05, 4.69) is 10.6 Å². The van der Waals surface area contributed by atoms with E-state index in [0.29, 0.717) is 33.7 Å². The van der Waals surface area contributed by atoms with Gasteiger partial charge in [-0.15, -0.1) is 0 Å². The Bertz CT molecular complexity index is 828. The molecule has 0 aliphatic carbocycles. The topological polar surface area (TPSA) is 70.7 Å². The SMILES string of the molecule is CCN(CC(=O)Nc1ccc(OC)cc1)C(C)C(=O)Nc1ccc(Cl)cc1Cl. The summed E-state index contributed by atoms with van der Waals surface area (Å²) in [7, 11) is 1.58. The van der Waals surface area contributed by atoms with Crippen molar-refractivity contribution in [3.05, 3.63) is 52.5 Å². The third-order valence-corrected chi connectivity index (χ3v) is 4.79. The van der Waals surface area contributed by atoms with Crippen LogP contribution in [0.4, 0.5) is 11.4 Å². The first kappa shape index (κ1) is 22.0. The predicted octanol–water partition coefficient (Wildman–Crippen LogP) is 4.29. The van der Waals surface area contributed by atoms with Gasteiger partial charge in [0.15, 0.2) is 0 Å². The lowest BCUT2D eigenvalue weighted by Crippen LogP contribution is -2.45. The van der Waals surface area contributed by atoms with Crippen LogP contribution < -0.4 is 15.4 Å². The summed E-state index contributed by atoms with van der Waals surface area (Å²) in [6.07, 6.45) is 0. The van der Waals surface area contributed by atoms with Crippen molar-refractivity contribution in [3.63, 3.8) is 0 Å². The van der Waals surface area contributed by atoms with E-state index in [4.69, 9.17) is 27.9 Å². The average Bonchev–Trinajstić information content (AvgIpc) is 2.68. The maximum absolute atomic E-state index is 12.6. The molecule has 0 heterocycles. The summed E-state index contributed by atoms with van der Waals surface area (Å²) >= 11 is 12.0. The molecule has 2 N–H and O–H groups in total. The van der Waals surface area contributed by atoms with Crippen molar-refractivity contribution in [3.8, 4) is 5.75 Å². The van der Waals surface area contributed by atoms with Gasteiger partial charge in [0.2, 0.25) is 11.8 Å². The zero-order chi connectivity index (χ0) is 20.7. The van der Waals surface area contributed by atoms with Crippen LogP contribution in [0.3, 0.4) is 0 Å². The Kier molecular flexibility index (Phi) is 8.11. The molecule has 0 aliphatic heterocycles. The van der Waals surface area contributed by atoms with Crippen LogP contribution in [-0.2, 0) is 9.59 Å². The molecule has 0 fully saturated rings. The molecule has 8 heteroatoms. The summed E-state index contributed by atoms with van der Waals surface area (Å²) < 4.78 is 5.10. The van der Waals surface area contributed by atoms with Crippen LogP contribution in [0.25, 0.3) is 0 Å². The Morgan fingerprint density at radius 2 is 1.79 bits per heavy atom. The normalized spacial score (nSPS) is 11.8. The van der Waals surface area contributed by atoms with Crippen molar-refractivity contribution in [1.82, 2.24) is 4.90 Å². The van der Waals surface area contributed by atoms with Gasteiger partial charge in [0.05, 0.1) is 30.4 Å². The van der Waals surface area contributed by atoms with Gasteiger partial charge in [-0.1, -0.05) is 30.1 Å². The number of hydrogen-bond donors (Lipinski definition) is 2. The fourth-order valence-corrected chi connectivity index (χ4v) is 3.03. The number of carbonyl (C=O) groups excluding carboxylic acids is 2. The minimum Gasteiger partial charge on any atom is -0.497 e. The smallest absolute Gasteiger partial charge is 0.241 e. The molecule has 0 saturated carbocycles. The minimum atomic E-state index is -0.529. The first-order chi connectivity index (χ1) is 13.3. The van der Waals surface area contributed by atoms with E-state index in [1.807, 2.05) is 6.92 Å². The van der Waals surface area contributed by atoms with Crippen molar-refractivity contribution in [2.24, 2.45) is 0 Å². The average molecular weight is 424 g/mol. The Labute approximate surface area is 174 Å². The number of methoxy groups -OCH3 is 1. The summed E-state index contributed by atoms with van der Waals surface area (Å²) in [5.41, 5.74) is 1.13. The number of rotatable bonds is 8. The first-order valence-corrected chi connectivity index (χ1v) is 9.53. The molecule has 28 heavy (non-hydrogen) atoms. The van der Waals surface area contributed by atoms with E-state index in [-0.39, 0.29) is 18.4 Å². The minimum absolute atomic E-state index is 0.0749. The maximum Gasteiger partial charge on any atom is 0.241 e. The molecule has 2 rings (SSSR count). The lowest BCUT2D eigenvalue weighted by molar-refractivity contribution is -0.123. The highest BCUT2D eigenvalue weighted by atomic mass is 35.5. The van der Waals surface area contributed by atoms with Gasteiger partial charge in [0.25, 0.3) is 0 Å². The second-order valence-electron chi connectivity index (χ2n) is 6.13. The summed E-state index contributed by atoms with van der Waals surface area (Å²) in [6.45, 7) is 4.23. The second-order valence-corrected chi connectivity index (χ2v) is 6.97. The van der Waals surface area contributed by atoms with E-state index in [1.165, 1.54) is 0 Å². The van der Waals surface area contributed by atoms with E-state index < -0.39 is 6.04 Å². The van der Waals surface area contributed by atoms with Gasteiger partial charge in [-0.05, 0) is 55.9 Å². The largest absolute Gasteiger partial charge is 0.497 e. The van der Waals surface area contributed by atoms with Crippen molar-refractivity contribution in [2.75, 3.05) is 30.8 Å². The molecular formula is C20H23Cl2N3O3. The van der Waals surface area contributed by atoms with Crippen molar-refractivity contribution in [2.45, 2.75) is 19.9 Å². The number of amides is 2. The third kappa shape index (κ3) is 6.12. The quantitative estimate of drug-likeness (QED) is 0.664. The lowest BCUT2D eigenvalue weighted by Gasteiger charge is -2.26. The number of nitrogens with zero attached hydrogens (tertiary/aromatic N) is 1. The molecule has 1 unspecified atom stereocenters. The Morgan fingerprint density at radius 1 is 1.11 bits per heavy atom. The van der Waals surface area contributed by atoms with E-state index >= 15 is 0 Å². The fourth-order valence-electron chi connectivity index (χ4n) is 2.58. The molecule has 1 atom stereocenters. The zero-order valence-electron chi connectivity index (χ0n) is 16.0. The summed E-state index contributed by atoms with van der Waals surface area (Å²) in [5.74, 6) is 0.235. The van der Waals surface area contributed by atoms with E-state index in [1.54, 1.807) is 61.4 Å². The van der Waals surface area contributed by atoms with Gasteiger partial charge >= 0.3 is 0 Å². The molecule has 0 spiro atoms. The van der Waals surface area contributed by atoms with Crippen molar-refractivity contribution in [1.29, 1.82) is 0 Å². The standard InChI is InChI=1S/C20H23Cl2N3O3/c1-4-25(12-19(26)23-15-6-8-16(28-3)9-7-15)13(2)20(27)24-18-10-5-14(21)11-17(18)22/h5-11,13H,4,12H2,1-3H3,(H,23,26)(H,24,27). The van der Waals surface area contributed by atoms with Crippen LogP contribution in [0.2, 0.25) is 10.0 Å². The first-order valence-electron chi connectivity index (χ1n) is 8.78. The summed E-state index contributed by atoms with van der Waals surface area (Å²) in [5, 5.41) is 6.43.